The van der Waals surface area contributed by atoms with Gasteiger partial charge in [0, 0.05) is 23.5 Å². The van der Waals surface area contributed by atoms with Gasteiger partial charge in [-0.05, 0) is 55.8 Å². The lowest BCUT2D eigenvalue weighted by atomic mass is 10.2. The van der Waals surface area contributed by atoms with Gasteiger partial charge in [-0.15, -0.1) is 6.58 Å². The first-order valence-electron chi connectivity index (χ1n) is 10.8. The van der Waals surface area contributed by atoms with Gasteiger partial charge in [0.1, 0.15) is 11.5 Å². The van der Waals surface area contributed by atoms with E-state index in [-0.39, 0.29) is 23.1 Å². The second kappa shape index (κ2) is 10.1. The number of ketones is 1. The lowest BCUT2D eigenvalue weighted by Crippen LogP contribution is -2.30. The van der Waals surface area contributed by atoms with Gasteiger partial charge in [0.05, 0.1) is 11.4 Å². The summed E-state index contributed by atoms with van der Waals surface area (Å²) in [6.45, 7) is 8.27. The molecule has 0 bridgehead atoms. The highest BCUT2D eigenvalue weighted by atomic mass is 32.2. The Kier molecular flexibility index (Phi) is 6.93. The minimum absolute atomic E-state index is 0.0527. The van der Waals surface area contributed by atoms with Crippen molar-refractivity contribution in [3.63, 3.8) is 0 Å². The number of aryl methyl sites for hydroxylation is 1. The van der Waals surface area contributed by atoms with E-state index in [0.29, 0.717) is 23.0 Å². The summed E-state index contributed by atoms with van der Waals surface area (Å²) in [5.74, 6) is -0.662. The number of carbonyl (C=O) groups excluding carboxylic acids is 2. The number of rotatable bonds is 7. The number of aliphatic imine (C=N–C) groups is 1. The largest absolute Gasteiger partial charge is 0.345 e. The summed E-state index contributed by atoms with van der Waals surface area (Å²) in [5, 5.41) is 0.382. The highest BCUT2D eigenvalue weighted by Crippen LogP contribution is 2.30. The van der Waals surface area contributed by atoms with E-state index in [1.165, 1.54) is 40.9 Å². The molecule has 0 saturated carbocycles. The molecule has 172 valence electrons. The van der Waals surface area contributed by atoms with Crippen LogP contribution in [-0.2, 0) is 11.3 Å². The third kappa shape index (κ3) is 4.79. The summed E-state index contributed by atoms with van der Waals surface area (Å²) in [7, 11) is 0. The van der Waals surface area contributed by atoms with Crippen LogP contribution in [0.5, 0.6) is 0 Å². The molecule has 0 fully saturated rings. The fraction of sp³-hybridized carbons (Fsp3) is 0.148. The highest BCUT2D eigenvalue weighted by Gasteiger charge is 2.32. The Hall–Kier alpha value is -3.71. The van der Waals surface area contributed by atoms with Crippen LogP contribution >= 0.6 is 11.8 Å². The molecule has 1 aliphatic heterocycles. The molecule has 1 amide bonds. The molecule has 0 spiro atoms. The predicted octanol–water partition coefficient (Wildman–Crippen LogP) is 5.79. The molecule has 3 aromatic rings. The first-order chi connectivity index (χ1) is 16.4. The number of nitrogens with zero attached hydrogens (tertiary/aromatic N) is 3. The average Bonchev–Trinajstić information content (AvgIpc) is 3.29. The third-order valence-electron chi connectivity index (χ3n) is 5.54. The Morgan fingerprint density at radius 3 is 2.50 bits per heavy atom. The average molecular weight is 474 g/mol. The van der Waals surface area contributed by atoms with E-state index in [0.717, 1.165) is 17.0 Å². The lowest BCUT2D eigenvalue weighted by Gasteiger charge is -2.17. The molecule has 0 N–H and O–H groups in total. The second-order valence-corrected chi connectivity index (χ2v) is 8.79. The monoisotopic (exact) mass is 473 g/mol. The number of hydrogen-bond donors (Lipinski definition) is 0. The van der Waals surface area contributed by atoms with Crippen molar-refractivity contribution in [3.8, 4) is 0 Å². The Balaban J connectivity index is 1.62. The molecule has 0 saturated heterocycles. The second-order valence-electron chi connectivity index (χ2n) is 7.85. The van der Waals surface area contributed by atoms with Gasteiger partial charge in [-0.1, -0.05) is 48.2 Å². The van der Waals surface area contributed by atoms with Gasteiger partial charge in [0.15, 0.2) is 11.0 Å². The molecular weight excluding hydrogens is 449 g/mol. The van der Waals surface area contributed by atoms with Crippen molar-refractivity contribution in [1.29, 1.82) is 0 Å². The van der Waals surface area contributed by atoms with Crippen molar-refractivity contribution < 1.29 is 14.0 Å². The van der Waals surface area contributed by atoms with E-state index in [9.17, 15) is 14.0 Å². The van der Waals surface area contributed by atoms with Crippen LogP contribution in [0.2, 0.25) is 0 Å². The van der Waals surface area contributed by atoms with Gasteiger partial charge in [-0.3, -0.25) is 14.5 Å². The van der Waals surface area contributed by atoms with Crippen LogP contribution in [0.15, 0.2) is 84.0 Å². The van der Waals surface area contributed by atoms with E-state index in [2.05, 4.69) is 11.6 Å². The van der Waals surface area contributed by atoms with Crippen molar-refractivity contribution >= 4 is 40.4 Å². The number of anilines is 1. The summed E-state index contributed by atoms with van der Waals surface area (Å²) in [5.41, 5.74) is 4.10. The van der Waals surface area contributed by atoms with E-state index in [1.807, 2.05) is 54.8 Å². The van der Waals surface area contributed by atoms with Crippen LogP contribution in [0.25, 0.3) is 6.08 Å². The maximum atomic E-state index is 13.5. The zero-order valence-corrected chi connectivity index (χ0v) is 19.8. The van der Waals surface area contributed by atoms with Crippen LogP contribution in [0.4, 0.5) is 10.1 Å². The van der Waals surface area contributed by atoms with E-state index in [1.54, 1.807) is 12.2 Å². The van der Waals surface area contributed by atoms with E-state index >= 15 is 0 Å². The van der Waals surface area contributed by atoms with Crippen molar-refractivity contribution in [3.05, 3.63) is 107 Å². The van der Waals surface area contributed by atoms with Crippen LogP contribution in [0.3, 0.4) is 0 Å². The topological polar surface area (TPSA) is 54.7 Å². The maximum Gasteiger partial charge on any atom is 0.283 e. The number of allylic oxidation sites excluding steroid dienone is 1. The summed E-state index contributed by atoms with van der Waals surface area (Å²) >= 11 is 1.19. The van der Waals surface area contributed by atoms with Crippen LogP contribution in [-0.4, -0.2) is 27.2 Å². The smallest absolute Gasteiger partial charge is 0.283 e. The Morgan fingerprint density at radius 1 is 1.12 bits per heavy atom. The number of aromatic nitrogens is 1. The van der Waals surface area contributed by atoms with Gasteiger partial charge in [0.2, 0.25) is 0 Å². The fourth-order valence-electron chi connectivity index (χ4n) is 3.82. The van der Waals surface area contributed by atoms with Crippen molar-refractivity contribution in [2.75, 3.05) is 10.7 Å². The number of amidine groups is 1. The molecule has 1 aliphatic rings. The number of Topliss-reactive ketones (excluding diaryl/α,β-unsaturated/α-hetero) is 1. The quantitative estimate of drug-likeness (QED) is 0.248. The van der Waals surface area contributed by atoms with Crippen LogP contribution < -0.4 is 4.90 Å². The Labute approximate surface area is 202 Å². The predicted molar refractivity (Wildman–Crippen MR) is 137 cm³/mol. The molecule has 5 nitrogen and oxygen atoms in total. The molecule has 0 aliphatic carbocycles. The molecule has 2 heterocycles. The Bertz CT molecular complexity index is 1310. The number of thioether (sulfide) groups is 1. The molecule has 0 unspecified atom stereocenters. The molecule has 34 heavy (non-hydrogen) atoms. The molecule has 7 heteroatoms. The summed E-state index contributed by atoms with van der Waals surface area (Å²) in [6, 6.07) is 16.9. The molecule has 0 radical (unpaired) electrons. The minimum atomic E-state index is -0.397. The van der Waals surface area contributed by atoms with Crippen molar-refractivity contribution in [2.45, 2.75) is 20.4 Å². The maximum absolute atomic E-state index is 13.5. The fourth-order valence-corrected chi connectivity index (χ4v) is 4.72. The number of benzene rings is 2. The van der Waals surface area contributed by atoms with Crippen molar-refractivity contribution in [1.82, 2.24) is 4.57 Å². The first kappa shape index (κ1) is 23.4. The normalized spacial score (nSPS) is 14.6. The zero-order chi connectivity index (χ0) is 24.2. The molecule has 0 atom stereocenters. The minimum Gasteiger partial charge on any atom is -0.345 e. The Morgan fingerprint density at radius 2 is 1.82 bits per heavy atom. The number of carbonyl (C=O) groups is 2. The molecule has 1 aromatic heterocycles. The molecular formula is C27H24FN3O2S. The number of hydrogen-bond acceptors (Lipinski definition) is 4. The first-order valence-corrected chi connectivity index (χ1v) is 11.8. The number of halogens is 1. The van der Waals surface area contributed by atoms with Crippen LogP contribution in [0, 0.1) is 19.7 Å². The van der Waals surface area contributed by atoms with Gasteiger partial charge < -0.3 is 4.57 Å². The van der Waals surface area contributed by atoms with Crippen LogP contribution in [0.1, 0.15) is 27.3 Å². The number of amides is 1. The summed E-state index contributed by atoms with van der Waals surface area (Å²) < 4.78 is 15.5. The van der Waals surface area contributed by atoms with Gasteiger partial charge >= 0.3 is 0 Å². The van der Waals surface area contributed by atoms with E-state index in [4.69, 9.17) is 0 Å². The summed E-state index contributed by atoms with van der Waals surface area (Å²) in [4.78, 5) is 32.2. The standard InChI is InChI=1S/C27H24FN3O2S/c1-4-14-30-18(2)15-23(19(30)3)25(32)17-34-27-29-24(16-20-8-6-5-7-9-20)26(33)31(27)22-12-10-21(28)11-13-22/h4-13,15-16H,1,14,17H2,2-3H3/b24-16+. The van der Waals surface area contributed by atoms with Gasteiger partial charge in [0.25, 0.3) is 5.91 Å². The zero-order valence-electron chi connectivity index (χ0n) is 19.0. The highest BCUT2D eigenvalue weighted by molar-refractivity contribution is 8.14. The van der Waals surface area contributed by atoms with Gasteiger partial charge in [-0.25, -0.2) is 9.38 Å². The molecule has 4 rings (SSSR count). The van der Waals surface area contributed by atoms with E-state index < -0.39 is 5.82 Å². The third-order valence-corrected chi connectivity index (χ3v) is 6.47. The van der Waals surface area contributed by atoms with Gasteiger partial charge in [-0.2, -0.15) is 0 Å². The summed E-state index contributed by atoms with van der Waals surface area (Å²) in [6.07, 6.45) is 3.50. The lowest BCUT2D eigenvalue weighted by molar-refractivity contribution is -0.113. The SMILES string of the molecule is C=CCn1c(C)cc(C(=O)CSC2=N/C(=C/c3ccccc3)C(=O)N2c2ccc(F)cc2)c1C. The van der Waals surface area contributed by atoms with Crippen molar-refractivity contribution in [2.24, 2.45) is 4.99 Å². The molecule has 2 aromatic carbocycles.